The number of nitrogens with zero attached hydrogens (tertiary/aromatic N) is 1. The van der Waals surface area contributed by atoms with Crippen molar-refractivity contribution in [3.05, 3.63) is 0 Å². The number of hydrogen-bond acceptors (Lipinski definition) is 5. The van der Waals surface area contributed by atoms with Crippen LogP contribution < -0.4 is 21.5 Å². The van der Waals surface area contributed by atoms with Gasteiger partial charge in [0.15, 0.2) is 5.11 Å². The van der Waals surface area contributed by atoms with Crippen LogP contribution in [0.15, 0.2) is 0 Å². The summed E-state index contributed by atoms with van der Waals surface area (Å²) in [5, 5.41) is 6.07. The largest absolute Gasteiger partial charge is 0.383 e. The molecular weight excluding hydrogens is 358 g/mol. The number of imide groups is 1. The maximum atomic E-state index is 12.5. The lowest BCUT2D eigenvalue weighted by Crippen LogP contribution is -2.50. The first kappa shape index (κ1) is 20.4. The molecule has 1 saturated heterocycles. The number of methoxy groups -OCH3 is 1. The Kier molecular flexibility index (Phi) is 7.15. The average Bonchev–Trinajstić information content (AvgIpc) is 3.14. The van der Waals surface area contributed by atoms with Gasteiger partial charge in [-0.25, -0.2) is 4.79 Å². The molecule has 2 fully saturated rings. The highest BCUT2D eigenvalue weighted by molar-refractivity contribution is 7.80. The molecular formula is C16H27N5O4S. The van der Waals surface area contributed by atoms with Gasteiger partial charge in [0.25, 0.3) is 5.91 Å². The third-order valence-electron chi connectivity index (χ3n) is 4.60. The summed E-state index contributed by atoms with van der Waals surface area (Å²) < 4.78 is 4.98. The fraction of sp³-hybridized carbons (Fsp3) is 0.750. The van der Waals surface area contributed by atoms with Gasteiger partial charge in [-0.2, -0.15) is 0 Å². The van der Waals surface area contributed by atoms with E-state index in [1.54, 1.807) is 7.11 Å². The molecule has 0 bridgehead atoms. The lowest BCUT2D eigenvalue weighted by molar-refractivity contribution is -0.131. The second-order valence-corrected chi connectivity index (χ2v) is 7.19. The van der Waals surface area contributed by atoms with E-state index in [4.69, 9.17) is 17.0 Å². The van der Waals surface area contributed by atoms with E-state index in [-0.39, 0.29) is 36.9 Å². The van der Waals surface area contributed by atoms with E-state index in [2.05, 4.69) is 21.5 Å². The van der Waals surface area contributed by atoms with Crippen LogP contribution in [0.5, 0.6) is 0 Å². The number of carbonyl (C=O) groups excluding carboxylic acids is 3. The van der Waals surface area contributed by atoms with Crippen molar-refractivity contribution >= 4 is 35.2 Å². The van der Waals surface area contributed by atoms with Crippen molar-refractivity contribution in [1.29, 1.82) is 0 Å². The fourth-order valence-corrected chi connectivity index (χ4v) is 3.59. The Bertz CT molecular complexity index is 565. The van der Waals surface area contributed by atoms with Gasteiger partial charge in [-0.1, -0.05) is 12.8 Å². The molecule has 1 aliphatic heterocycles. The predicted molar refractivity (Wildman–Crippen MR) is 99.0 cm³/mol. The van der Waals surface area contributed by atoms with Gasteiger partial charge in [0, 0.05) is 26.1 Å². The van der Waals surface area contributed by atoms with Crippen LogP contribution in [0.4, 0.5) is 4.79 Å². The van der Waals surface area contributed by atoms with Crippen LogP contribution in [0.2, 0.25) is 0 Å². The Morgan fingerprint density at radius 3 is 2.69 bits per heavy atom. The van der Waals surface area contributed by atoms with Crippen molar-refractivity contribution in [3.63, 3.8) is 0 Å². The number of rotatable bonds is 7. The standard InChI is InChI=1S/C16H27N5O4S/c1-11(10-25-2)17-14(26)20-19-12(22)6-5-9-21-13(23)16(18-15(21)24)7-3-4-8-16/h11H,3-10H2,1-2H3,(H,18,24)(H,19,22)(H2,17,20,26)/t11-/m1/s1. The van der Waals surface area contributed by atoms with E-state index in [0.717, 1.165) is 12.8 Å². The van der Waals surface area contributed by atoms with Gasteiger partial charge in [-0.3, -0.25) is 25.3 Å². The molecule has 4 N–H and O–H groups in total. The predicted octanol–water partition coefficient (Wildman–Crippen LogP) is 0.161. The van der Waals surface area contributed by atoms with Gasteiger partial charge in [-0.05, 0) is 38.4 Å². The molecule has 4 amide bonds. The number of urea groups is 1. The number of hydrazine groups is 1. The zero-order valence-electron chi connectivity index (χ0n) is 15.2. The number of ether oxygens (including phenoxy) is 1. The normalized spacial score (nSPS) is 19.4. The molecule has 1 saturated carbocycles. The molecule has 1 atom stereocenters. The molecule has 9 nitrogen and oxygen atoms in total. The first-order valence-electron chi connectivity index (χ1n) is 8.86. The van der Waals surface area contributed by atoms with Crippen LogP contribution in [0.1, 0.15) is 45.4 Å². The average molecular weight is 385 g/mol. The van der Waals surface area contributed by atoms with Gasteiger partial charge >= 0.3 is 6.03 Å². The molecule has 1 aliphatic carbocycles. The summed E-state index contributed by atoms with van der Waals surface area (Å²) in [6.07, 6.45) is 3.86. The second kappa shape index (κ2) is 9.13. The minimum Gasteiger partial charge on any atom is -0.383 e. The van der Waals surface area contributed by atoms with Gasteiger partial charge < -0.3 is 15.4 Å². The quantitative estimate of drug-likeness (QED) is 0.281. The minimum absolute atomic E-state index is 0.0134. The second-order valence-electron chi connectivity index (χ2n) is 6.78. The third-order valence-corrected chi connectivity index (χ3v) is 4.82. The smallest absolute Gasteiger partial charge is 0.325 e. The van der Waals surface area contributed by atoms with E-state index in [0.29, 0.717) is 31.0 Å². The summed E-state index contributed by atoms with van der Waals surface area (Å²) in [6.45, 7) is 2.62. The summed E-state index contributed by atoms with van der Waals surface area (Å²) >= 11 is 5.05. The Balaban J connectivity index is 1.66. The van der Waals surface area contributed by atoms with Crippen LogP contribution in [-0.2, 0) is 14.3 Å². The molecule has 2 aliphatic rings. The molecule has 1 heterocycles. The summed E-state index contributed by atoms with van der Waals surface area (Å²) in [6, 6.07) is -0.340. The van der Waals surface area contributed by atoms with Gasteiger partial charge in [0.2, 0.25) is 5.91 Å². The number of hydrogen-bond donors (Lipinski definition) is 4. The first-order chi connectivity index (χ1) is 12.4. The number of carbonyl (C=O) groups is 3. The van der Waals surface area contributed by atoms with Crippen molar-refractivity contribution in [2.24, 2.45) is 0 Å². The van der Waals surface area contributed by atoms with Gasteiger partial charge in [0.1, 0.15) is 5.54 Å². The number of amides is 4. The summed E-state index contributed by atoms with van der Waals surface area (Å²) in [5.41, 5.74) is 4.40. The SMILES string of the molecule is COC[C@@H](C)NC(=S)NNC(=O)CCCN1C(=O)NC2(CCCC2)C1=O. The highest BCUT2D eigenvalue weighted by Crippen LogP contribution is 2.35. The van der Waals surface area contributed by atoms with Crippen LogP contribution >= 0.6 is 12.2 Å². The third kappa shape index (κ3) is 5.04. The van der Waals surface area contributed by atoms with E-state index < -0.39 is 5.54 Å². The molecule has 0 aromatic heterocycles. The lowest BCUT2D eigenvalue weighted by atomic mass is 9.98. The lowest BCUT2D eigenvalue weighted by Gasteiger charge is -2.20. The van der Waals surface area contributed by atoms with Crippen molar-refractivity contribution < 1.29 is 19.1 Å². The Morgan fingerprint density at radius 1 is 1.35 bits per heavy atom. The maximum absolute atomic E-state index is 12.5. The molecule has 10 heteroatoms. The zero-order valence-corrected chi connectivity index (χ0v) is 16.0. The minimum atomic E-state index is -0.697. The monoisotopic (exact) mass is 385 g/mol. The van der Waals surface area contributed by atoms with E-state index in [9.17, 15) is 14.4 Å². The number of nitrogens with one attached hydrogen (secondary N) is 4. The van der Waals surface area contributed by atoms with E-state index in [1.165, 1.54) is 4.90 Å². The summed E-state index contributed by atoms with van der Waals surface area (Å²) in [5.74, 6) is -0.424. The van der Waals surface area contributed by atoms with Gasteiger partial charge in [-0.15, -0.1) is 0 Å². The van der Waals surface area contributed by atoms with Crippen molar-refractivity contribution in [3.8, 4) is 0 Å². The van der Waals surface area contributed by atoms with Crippen LogP contribution in [0, 0.1) is 0 Å². The molecule has 26 heavy (non-hydrogen) atoms. The van der Waals surface area contributed by atoms with Crippen molar-refractivity contribution in [1.82, 2.24) is 26.4 Å². The zero-order chi connectivity index (χ0) is 19.2. The van der Waals surface area contributed by atoms with Crippen molar-refractivity contribution in [2.75, 3.05) is 20.3 Å². The maximum Gasteiger partial charge on any atom is 0.325 e. The van der Waals surface area contributed by atoms with Gasteiger partial charge in [0.05, 0.1) is 6.61 Å². The fourth-order valence-electron chi connectivity index (χ4n) is 3.33. The van der Waals surface area contributed by atoms with E-state index in [1.807, 2.05) is 6.92 Å². The molecule has 1 spiro atoms. The van der Waals surface area contributed by atoms with Crippen molar-refractivity contribution in [2.45, 2.75) is 57.0 Å². The highest BCUT2D eigenvalue weighted by atomic mass is 32.1. The first-order valence-corrected chi connectivity index (χ1v) is 9.27. The Hall–Kier alpha value is -1.94. The van der Waals surface area contributed by atoms with Crippen LogP contribution in [-0.4, -0.2) is 59.7 Å². The molecule has 0 unspecified atom stereocenters. The van der Waals surface area contributed by atoms with Crippen LogP contribution in [0.3, 0.4) is 0 Å². The molecule has 0 aromatic rings. The molecule has 2 rings (SSSR count). The van der Waals surface area contributed by atoms with E-state index >= 15 is 0 Å². The Morgan fingerprint density at radius 2 is 2.04 bits per heavy atom. The topological polar surface area (TPSA) is 112 Å². The highest BCUT2D eigenvalue weighted by Gasteiger charge is 2.51. The summed E-state index contributed by atoms with van der Waals surface area (Å²) in [7, 11) is 1.59. The number of thiocarbonyl (C=S) groups is 1. The molecule has 0 aromatic carbocycles. The van der Waals surface area contributed by atoms with Crippen LogP contribution in [0.25, 0.3) is 0 Å². The molecule has 0 radical (unpaired) electrons. The Labute approximate surface area is 158 Å². The summed E-state index contributed by atoms with van der Waals surface area (Å²) in [4.78, 5) is 37.6. The molecule has 146 valence electrons.